The van der Waals surface area contributed by atoms with Crippen molar-refractivity contribution in [3.05, 3.63) is 59.2 Å². The number of sulfonamides is 1. The summed E-state index contributed by atoms with van der Waals surface area (Å²) in [5.41, 5.74) is 3.29. The maximum atomic E-state index is 12.5. The Morgan fingerprint density at radius 3 is 2.67 bits per heavy atom. The summed E-state index contributed by atoms with van der Waals surface area (Å²) in [6.45, 7) is 0.380. The van der Waals surface area contributed by atoms with Crippen molar-refractivity contribution in [2.75, 3.05) is 22.4 Å². The van der Waals surface area contributed by atoms with E-state index in [0.717, 1.165) is 11.1 Å². The zero-order valence-electron chi connectivity index (χ0n) is 14.8. The first-order chi connectivity index (χ1) is 12.7. The Labute approximate surface area is 157 Å². The lowest BCUT2D eigenvalue weighted by atomic mass is 10.1. The topological polar surface area (TPSA) is 104 Å². The van der Waals surface area contributed by atoms with Gasteiger partial charge >= 0.3 is 5.97 Å². The van der Waals surface area contributed by atoms with E-state index in [1.165, 1.54) is 10.6 Å². The van der Waals surface area contributed by atoms with Crippen LogP contribution in [-0.4, -0.2) is 38.2 Å². The van der Waals surface area contributed by atoms with Crippen LogP contribution in [0.3, 0.4) is 0 Å². The average molecular weight is 388 g/mol. The number of rotatable bonds is 6. The highest BCUT2D eigenvalue weighted by atomic mass is 32.2. The number of nitrogens with one attached hydrogen (secondary N) is 1. The molecule has 0 radical (unpaired) electrons. The molecule has 3 rings (SSSR count). The first-order valence-electron chi connectivity index (χ1n) is 8.47. The zero-order chi connectivity index (χ0) is 19.6. The summed E-state index contributed by atoms with van der Waals surface area (Å²) in [5.74, 6) is -1.17. The van der Waals surface area contributed by atoms with Gasteiger partial charge in [0.25, 0.3) is 5.91 Å². The van der Waals surface area contributed by atoms with Crippen LogP contribution in [0, 0.1) is 0 Å². The summed E-state index contributed by atoms with van der Waals surface area (Å²) in [7, 11) is -3.32. The second-order valence-corrected chi connectivity index (χ2v) is 8.38. The van der Waals surface area contributed by atoms with Crippen molar-refractivity contribution in [3.8, 4) is 0 Å². The van der Waals surface area contributed by atoms with E-state index in [0.29, 0.717) is 36.3 Å². The first kappa shape index (κ1) is 18.9. The van der Waals surface area contributed by atoms with Gasteiger partial charge in [0.1, 0.15) is 0 Å². The summed E-state index contributed by atoms with van der Waals surface area (Å²) in [5, 5.41) is 11.6. The van der Waals surface area contributed by atoms with Gasteiger partial charge in [0.2, 0.25) is 10.0 Å². The molecule has 1 amide bonds. The number of carboxylic acid groups (broad SMARTS) is 1. The fraction of sp³-hybridized carbons (Fsp3) is 0.263. The average Bonchev–Trinajstić information content (AvgIpc) is 3.03. The van der Waals surface area contributed by atoms with E-state index < -0.39 is 16.0 Å². The lowest BCUT2D eigenvalue weighted by Gasteiger charge is -2.16. The standard InChI is InChI=1S/C19H20N2O5S/c1-27(25,26)21-10-9-14-12-15(6-7-17(14)21)19(24)20-16-4-2-3-13(11-16)5-8-18(22)23/h2-4,6-7,11-12H,5,8-10H2,1H3,(H,20,24)(H,22,23). The molecule has 0 saturated heterocycles. The highest BCUT2D eigenvalue weighted by molar-refractivity contribution is 7.92. The van der Waals surface area contributed by atoms with Gasteiger partial charge in [-0.1, -0.05) is 12.1 Å². The van der Waals surface area contributed by atoms with Crippen LogP contribution < -0.4 is 9.62 Å². The Bertz CT molecular complexity index is 1000. The summed E-state index contributed by atoms with van der Waals surface area (Å²) in [6.07, 6.45) is 2.15. The molecule has 27 heavy (non-hydrogen) atoms. The van der Waals surface area contributed by atoms with E-state index >= 15 is 0 Å². The van der Waals surface area contributed by atoms with Gasteiger partial charge in [-0.3, -0.25) is 13.9 Å². The number of fused-ring (bicyclic) bond motifs is 1. The third-order valence-corrected chi connectivity index (χ3v) is 5.59. The molecule has 0 bridgehead atoms. The Morgan fingerprint density at radius 1 is 1.19 bits per heavy atom. The van der Waals surface area contributed by atoms with Crippen LogP contribution in [0.4, 0.5) is 11.4 Å². The van der Waals surface area contributed by atoms with E-state index in [4.69, 9.17) is 5.11 Å². The Kier molecular flexibility index (Phi) is 5.18. The maximum Gasteiger partial charge on any atom is 0.303 e. The van der Waals surface area contributed by atoms with Gasteiger partial charge < -0.3 is 10.4 Å². The maximum absolute atomic E-state index is 12.5. The summed E-state index contributed by atoms with van der Waals surface area (Å²) >= 11 is 0. The van der Waals surface area contributed by atoms with Gasteiger partial charge in [-0.05, 0) is 54.3 Å². The minimum absolute atomic E-state index is 0.0268. The SMILES string of the molecule is CS(=O)(=O)N1CCc2cc(C(=O)Nc3cccc(CCC(=O)O)c3)ccc21. The molecule has 2 aromatic rings. The molecule has 0 fully saturated rings. The third-order valence-electron chi connectivity index (χ3n) is 4.41. The van der Waals surface area contributed by atoms with Crippen LogP contribution in [0.15, 0.2) is 42.5 Å². The van der Waals surface area contributed by atoms with E-state index in [2.05, 4.69) is 5.32 Å². The van der Waals surface area contributed by atoms with Gasteiger partial charge in [0.15, 0.2) is 0 Å². The highest BCUT2D eigenvalue weighted by Crippen LogP contribution is 2.30. The largest absolute Gasteiger partial charge is 0.481 e. The summed E-state index contributed by atoms with van der Waals surface area (Å²) in [4.78, 5) is 23.2. The van der Waals surface area contributed by atoms with Gasteiger partial charge in [0, 0.05) is 24.2 Å². The highest BCUT2D eigenvalue weighted by Gasteiger charge is 2.26. The Balaban J connectivity index is 1.74. The van der Waals surface area contributed by atoms with E-state index in [1.54, 1.807) is 36.4 Å². The number of amides is 1. The van der Waals surface area contributed by atoms with Crippen molar-refractivity contribution >= 4 is 33.3 Å². The molecule has 0 aliphatic carbocycles. The number of carbonyl (C=O) groups is 2. The number of aliphatic carboxylic acids is 1. The van der Waals surface area contributed by atoms with Crippen molar-refractivity contribution in [3.63, 3.8) is 0 Å². The Hall–Kier alpha value is -2.87. The van der Waals surface area contributed by atoms with Gasteiger partial charge in [-0.25, -0.2) is 8.42 Å². The second kappa shape index (κ2) is 7.40. The summed E-state index contributed by atoms with van der Waals surface area (Å²) in [6, 6.07) is 12.0. The minimum Gasteiger partial charge on any atom is -0.481 e. The second-order valence-electron chi connectivity index (χ2n) is 6.48. The van der Waals surface area contributed by atoms with Gasteiger partial charge in [-0.2, -0.15) is 0 Å². The van der Waals surface area contributed by atoms with E-state index in [-0.39, 0.29) is 12.3 Å². The van der Waals surface area contributed by atoms with Crippen LogP contribution in [0.5, 0.6) is 0 Å². The summed E-state index contributed by atoms with van der Waals surface area (Å²) < 4.78 is 24.9. The molecule has 7 nitrogen and oxygen atoms in total. The number of nitrogens with zero attached hydrogens (tertiary/aromatic N) is 1. The number of carboxylic acids is 1. The molecule has 1 heterocycles. The van der Waals surface area contributed by atoms with E-state index in [9.17, 15) is 18.0 Å². The van der Waals surface area contributed by atoms with Crippen LogP contribution in [-0.2, 0) is 27.7 Å². The molecular weight excluding hydrogens is 368 g/mol. The molecule has 0 spiro atoms. The van der Waals surface area contributed by atoms with Gasteiger partial charge in [0.05, 0.1) is 11.9 Å². The van der Waals surface area contributed by atoms with Crippen LogP contribution in [0.1, 0.15) is 27.9 Å². The van der Waals surface area contributed by atoms with Crippen LogP contribution in [0.2, 0.25) is 0 Å². The van der Waals surface area contributed by atoms with Crippen LogP contribution in [0.25, 0.3) is 0 Å². The quantitative estimate of drug-likeness (QED) is 0.790. The fourth-order valence-electron chi connectivity index (χ4n) is 3.12. The molecule has 0 saturated carbocycles. The molecule has 8 heteroatoms. The molecule has 2 N–H and O–H groups in total. The number of aryl methyl sites for hydroxylation is 1. The van der Waals surface area contributed by atoms with Crippen molar-refractivity contribution in [1.82, 2.24) is 0 Å². The Morgan fingerprint density at radius 2 is 1.96 bits per heavy atom. The molecular formula is C19H20N2O5S. The van der Waals surface area contributed by atoms with E-state index in [1.807, 2.05) is 6.07 Å². The predicted octanol–water partition coefficient (Wildman–Crippen LogP) is 2.28. The fourth-order valence-corrected chi connectivity index (χ4v) is 4.07. The molecule has 1 aliphatic heterocycles. The molecule has 0 unspecified atom stereocenters. The molecule has 1 aliphatic rings. The normalized spacial score (nSPS) is 13.3. The lowest BCUT2D eigenvalue weighted by molar-refractivity contribution is -0.136. The van der Waals surface area contributed by atoms with Gasteiger partial charge in [-0.15, -0.1) is 0 Å². The monoisotopic (exact) mass is 388 g/mol. The predicted molar refractivity (Wildman–Crippen MR) is 103 cm³/mol. The number of hydrogen-bond acceptors (Lipinski definition) is 4. The zero-order valence-corrected chi connectivity index (χ0v) is 15.6. The van der Waals surface area contributed by atoms with Crippen molar-refractivity contribution in [1.29, 1.82) is 0 Å². The number of carbonyl (C=O) groups excluding carboxylic acids is 1. The molecule has 142 valence electrons. The van der Waals surface area contributed by atoms with Crippen molar-refractivity contribution < 1.29 is 23.1 Å². The molecule has 0 atom stereocenters. The first-order valence-corrected chi connectivity index (χ1v) is 10.3. The molecule has 2 aromatic carbocycles. The lowest BCUT2D eigenvalue weighted by Crippen LogP contribution is -2.27. The number of benzene rings is 2. The van der Waals surface area contributed by atoms with Crippen molar-refractivity contribution in [2.24, 2.45) is 0 Å². The van der Waals surface area contributed by atoms with Crippen LogP contribution >= 0.6 is 0 Å². The number of anilines is 2. The third kappa shape index (κ3) is 4.46. The molecule has 0 aromatic heterocycles. The van der Waals surface area contributed by atoms with Crippen molar-refractivity contribution in [2.45, 2.75) is 19.3 Å². The number of hydrogen-bond donors (Lipinski definition) is 2. The minimum atomic E-state index is -3.32. The smallest absolute Gasteiger partial charge is 0.303 e.